The smallest absolute Gasteiger partial charge is 0.182 e. The van der Waals surface area contributed by atoms with E-state index in [1.165, 1.54) is 0 Å². The summed E-state index contributed by atoms with van der Waals surface area (Å²) in [5, 5.41) is 22.0. The molecule has 0 saturated heterocycles. The maximum atomic E-state index is 15.8. The van der Waals surface area contributed by atoms with Gasteiger partial charge in [0.05, 0.1) is 15.8 Å². The predicted octanol–water partition coefficient (Wildman–Crippen LogP) is 8.13. The van der Waals surface area contributed by atoms with Gasteiger partial charge in [0, 0.05) is 30.6 Å². The number of nitrogens with zero attached hydrogens (tertiary/aromatic N) is 9. The number of benzene rings is 3. The number of H-pyrrole nitrogens is 1. The second-order valence-electron chi connectivity index (χ2n) is 13.9. The number of hydrogen-bond acceptors (Lipinski definition) is 7. The number of aromatic amines is 1. The minimum Gasteiger partial charge on any atom is -0.325 e. The van der Waals surface area contributed by atoms with Crippen LogP contribution in [0.4, 0.5) is 4.39 Å². The molecule has 5 heterocycles. The third kappa shape index (κ3) is 4.65. The first-order valence-electron chi connectivity index (χ1n) is 17.6. The van der Waals surface area contributed by atoms with E-state index in [1.54, 1.807) is 18.6 Å². The average molecular weight is 707 g/mol. The van der Waals surface area contributed by atoms with E-state index in [0.29, 0.717) is 50.4 Å². The van der Waals surface area contributed by atoms with Gasteiger partial charge in [-0.15, -0.1) is 5.10 Å². The normalized spacial score (nSPS) is 20.2. The molecule has 5 aromatic heterocycles. The lowest BCUT2D eigenvalue weighted by molar-refractivity contribution is 0.0724. The van der Waals surface area contributed by atoms with Gasteiger partial charge >= 0.3 is 0 Å². The Morgan fingerprint density at radius 3 is 2.00 bits per heavy atom. The Morgan fingerprint density at radius 1 is 0.750 bits per heavy atom. The van der Waals surface area contributed by atoms with Gasteiger partial charge in [0.2, 0.25) is 0 Å². The molecule has 3 aliphatic rings. The Hall–Kier alpha value is -5.81. The summed E-state index contributed by atoms with van der Waals surface area (Å²) < 4.78 is 19.8. The lowest BCUT2D eigenvalue weighted by Gasteiger charge is -2.48. The van der Waals surface area contributed by atoms with Crippen LogP contribution in [0.2, 0.25) is 5.02 Å². The maximum Gasteiger partial charge on any atom is 0.182 e. The molecule has 11 rings (SSSR count). The van der Waals surface area contributed by atoms with Crippen LogP contribution in [0.1, 0.15) is 60.2 Å². The molecule has 0 amide bonds. The number of hydrogen-bond donors (Lipinski definition) is 1. The molecule has 3 saturated carbocycles. The van der Waals surface area contributed by atoms with Gasteiger partial charge in [-0.25, -0.2) is 29.1 Å². The Balaban J connectivity index is 1.23. The first-order valence-corrected chi connectivity index (χ1v) is 18.0. The number of nitrogens with one attached hydrogen (secondary N) is 1. The Labute approximate surface area is 302 Å². The second kappa shape index (κ2) is 12.2. The van der Waals surface area contributed by atoms with Crippen molar-refractivity contribution in [3.63, 3.8) is 0 Å². The van der Waals surface area contributed by atoms with E-state index in [9.17, 15) is 0 Å². The van der Waals surface area contributed by atoms with Crippen molar-refractivity contribution in [2.75, 3.05) is 0 Å². The van der Waals surface area contributed by atoms with E-state index in [-0.39, 0.29) is 17.8 Å². The summed E-state index contributed by atoms with van der Waals surface area (Å²) in [5.74, 6) is 1.46. The third-order valence-electron chi connectivity index (χ3n) is 11.3. The molecule has 1 N–H and O–H groups in total. The largest absolute Gasteiger partial charge is 0.325 e. The van der Waals surface area contributed by atoms with Crippen LogP contribution in [0.3, 0.4) is 0 Å². The number of rotatable bonds is 7. The van der Waals surface area contributed by atoms with Gasteiger partial charge < -0.3 is 4.57 Å². The fourth-order valence-corrected chi connectivity index (χ4v) is 9.28. The molecule has 0 aliphatic heterocycles. The molecule has 2 atom stereocenters. The Kier molecular flexibility index (Phi) is 7.24. The van der Waals surface area contributed by atoms with Crippen molar-refractivity contribution in [1.29, 1.82) is 0 Å². The Bertz CT molecular complexity index is 2430. The van der Waals surface area contributed by atoms with Crippen molar-refractivity contribution in [1.82, 2.24) is 49.9 Å². The lowest BCUT2D eigenvalue weighted by Crippen LogP contribution is -2.40. The standard InChI is InChI=1S/C40H32ClFN10/c41-29-20-30-34(37-43-22-31-32(42)23-51(39(31)45-37)35-25-18-16-24(17-19-25)33(35)36-46-49-50-47-36)48-52(38(30)44-21-29)40(26-10-4-1-5-11-26,27-12-6-2-7-13-27)28-14-8-3-9-15-28/h1-15,20-25,33,35H,16-19H2,(H,46,47,49,50)/t24?,25?,33-,35-/m1/s1. The molecule has 3 fully saturated rings. The van der Waals surface area contributed by atoms with Crippen molar-refractivity contribution in [2.24, 2.45) is 11.8 Å². The van der Waals surface area contributed by atoms with Crippen LogP contribution in [-0.4, -0.2) is 49.9 Å². The molecule has 0 spiro atoms. The highest BCUT2D eigenvalue weighted by Crippen LogP contribution is 2.55. The number of fused-ring (bicyclic) bond motifs is 5. The van der Waals surface area contributed by atoms with Gasteiger partial charge in [0.1, 0.15) is 16.9 Å². The van der Waals surface area contributed by atoms with Crippen LogP contribution in [0, 0.1) is 17.7 Å². The maximum absolute atomic E-state index is 15.8. The van der Waals surface area contributed by atoms with E-state index in [2.05, 4.69) is 57.0 Å². The lowest BCUT2D eigenvalue weighted by atomic mass is 9.61. The van der Waals surface area contributed by atoms with Crippen molar-refractivity contribution in [3.05, 3.63) is 149 Å². The van der Waals surface area contributed by atoms with Crippen LogP contribution < -0.4 is 0 Å². The van der Waals surface area contributed by atoms with Crippen molar-refractivity contribution in [2.45, 2.75) is 43.2 Å². The molecule has 0 unspecified atom stereocenters. The molecule has 52 heavy (non-hydrogen) atoms. The Morgan fingerprint density at radius 2 is 1.38 bits per heavy atom. The molecule has 2 bridgehead atoms. The number of pyridine rings is 1. The summed E-state index contributed by atoms with van der Waals surface area (Å²) >= 11 is 6.67. The fourth-order valence-electron chi connectivity index (χ4n) is 9.12. The van der Waals surface area contributed by atoms with Crippen molar-refractivity contribution >= 4 is 33.7 Å². The molecule has 0 radical (unpaired) electrons. The zero-order valence-electron chi connectivity index (χ0n) is 27.9. The molecule has 10 nitrogen and oxygen atoms in total. The molecule has 256 valence electrons. The average Bonchev–Trinajstić information content (AvgIpc) is 3.95. The van der Waals surface area contributed by atoms with Gasteiger partial charge in [-0.2, -0.15) is 5.10 Å². The fraction of sp³-hybridized carbons (Fsp3) is 0.225. The quantitative estimate of drug-likeness (QED) is 0.166. The highest BCUT2D eigenvalue weighted by atomic mass is 35.5. The van der Waals surface area contributed by atoms with E-state index in [0.717, 1.165) is 48.2 Å². The van der Waals surface area contributed by atoms with Gasteiger partial charge in [-0.1, -0.05) is 103 Å². The van der Waals surface area contributed by atoms with Crippen molar-refractivity contribution in [3.8, 4) is 11.5 Å². The molecule has 3 aliphatic carbocycles. The molecule has 12 heteroatoms. The van der Waals surface area contributed by atoms with Crippen LogP contribution >= 0.6 is 11.6 Å². The summed E-state index contributed by atoms with van der Waals surface area (Å²) in [4.78, 5) is 14.8. The van der Waals surface area contributed by atoms with E-state index in [1.807, 2.05) is 69.9 Å². The first kappa shape index (κ1) is 31.0. The summed E-state index contributed by atoms with van der Waals surface area (Å²) in [6.45, 7) is 0. The highest BCUT2D eigenvalue weighted by Gasteiger charge is 2.48. The highest BCUT2D eigenvalue weighted by molar-refractivity contribution is 6.31. The van der Waals surface area contributed by atoms with Crippen LogP contribution in [0.15, 0.2) is 116 Å². The predicted molar refractivity (Wildman–Crippen MR) is 195 cm³/mol. The summed E-state index contributed by atoms with van der Waals surface area (Å²) in [7, 11) is 0. The van der Waals surface area contributed by atoms with E-state index in [4.69, 9.17) is 31.7 Å². The summed E-state index contributed by atoms with van der Waals surface area (Å²) in [5.41, 5.74) is 3.64. The molecular formula is C40H32ClFN10. The number of tetrazole rings is 1. The number of halogens is 2. The minimum absolute atomic E-state index is 0.0159. The zero-order chi connectivity index (χ0) is 34.8. The summed E-state index contributed by atoms with van der Waals surface area (Å²) in [6, 6.07) is 32.7. The topological polar surface area (TPSA) is 116 Å². The van der Waals surface area contributed by atoms with Crippen molar-refractivity contribution < 1.29 is 4.39 Å². The van der Waals surface area contributed by atoms with Gasteiger partial charge in [-0.3, -0.25) is 0 Å². The van der Waals surface area contributed by atoms with E-state index >= 15 is 4.39 Å². The first-order chi connectivity index (χ1) is 25.6. The summed E-state index contributed by atoms with van der Waals surface area (Å²) in [6.07, 6.45) is 9.09. The molecule has 3 aromatic carbocycles. The zero-order valence-corrected chi connectivity index (χ0v) is 28.6. The molecule has 8 aromatic rings. The van der Waals surface area contributed by atoms with Gasteiger partial charge in [0.15, 0.2) is 23.1 Å². The van der Waals surface area contributed by atoms with Gasteiger partial charge in [0.25, 0.3) is 0 Å². The van der Waals surface area contributed by atoms with E-state index < -0.39 is 5.54 Å². The third-order valence-corrected chi connectivity index (χ3v) is 11.5. The molecular weight excluding hydrogens is 675 g/mol. The van der Waals surface area contributed by atoms with Crippen LogP contribution in [0.25, 0.3) is 33.6 Å². The SMILES string of the molecule is Fc1cn([C@@H]2C3CCC(CC3)[C@H]2c2nnn[nH]2)c2nc(-c3nn(C(c4ccccc4)(c4ccccc4)c4ccccc4)c4ncc(Cl)cc34)ncc12. The minimum atomic E-state index is -0.947. The second-order valence-corrected chi connectivity index (χ2v) is 14.3. The van der Waals surface area contributed by atoms with Crippen LogP contribution in [-0.2, 0) is 5.54 Å². The van der Waals surface area contributed by atoms with Gasteiger partial charge in [-0.05, 0) is 70.7 Å². The monoisotopic (exact) mass is 706 g/mol. The number of aromatic nitrogens is 10. The van der Waals surface area contributed by atoms with Crippen LogP contribution in [0.5, 0.6) is 0 Å².